The van der Waals surface area contributed by atoms with Gasteiger partial charge in [0.1, 0.15) is 0 Å². The maximum atomic E-state index is 3.26. The van der Waals surface area contributed by atoms with Crippen LogP contribution in [0.25, 0.3) is 0 Å². The first-order valence-corrected chi connectivity index (χ1v) is 6.11. The lowest BCUT2D eigenvalue weighted by molar-refractivity contribution is -0.00295. The molecule has 1 aliphatic carbocycles. The minimum Gasteiger partial charge on any atom is -0.319 e. The van der Waals surface area contributed by atoms with E-state index in [2.05, 4.69) is 17.1 Å². The Balaban J connectivity index is 1.67. The van der Waals surface area contributed by atoms with Crippen LogP contribution in [0.15, 0.2) is 0 Å². The summed E-state index contributed by atoms with van der Waals surface area (Å²) in [6, 6.07) is 0. The largest absolute Gasteiger partial charge is 0.319 e. The highest BCUT2D eigenvalue weighted by Gasteiger charge is 2.44. The first kappa shape index (κ1) is 10.4. The van der Waals surface area contributed by atoms with Crippen molar-refractivity contribution in [2.24, 2.45) is 11.3 Å². The monoisotopic (exact) mass is 196 g/mol. The number of nitrogens with zero attached hydrogens (tertiary/aromatic N) is 1. The molecule has 2 fully saturated rings. The molecule has 1 unspecified atom stereocenters. The Bertz CT molecular complexity index is 177. The molecule has 0 aromatic rings. The Morgan fingerprint density at radius 1 is 1.29 bits per heavy atom. The van der Waals surface area contributed by atoms with E-state index >= 15 is 0 Å². The van der Waals surface area contributed by atoms with Crippen molar-refractivity contribution < 1.29 is 0 Å². The maximum absolute atomic E-state index is 3.26. The van der Waals surface area contributed by atoms with E-state index in [4.69, 9.17) is 0 Å². The smallest absolute Gasteiger partial charge is 0.00506 e. The summed E-state index contributed by atoms with van der Waals surface area (Å²) < 4.78 is 0. The maximum Gasteiger partial charge on any atom is 0.00506 e. The second kappa shape index (κ2) is 4.19. The summed E-state index contributed by atoms with van der Waals surface area (Å²) in [5, 5.41) is 3.26. The molecule has 14 heavy (non-hydrogen) atoms. The third-order valence-electron chi connectivity index (χ3n) is 3.90. The molecule has 1 spiro atoms. The van der Waals surface area contributed by atoms with Gasteiger partial charge < -0.3 is 10.2 Å². The van der Waals surface area contributed by atoms with Gasteiger partial charge in [-0.15, -0.1) is 0 Å². The van der Waals surface area contributed by atoms with Crippen LogP contribution < -0.4 is 5.32 Å². The first-order valence-electron chi connectivity index (χ1n) is 6.11. The molecule has 0 amide bonds. The molecule has 1 N–H and O–H groups in total. The summed E-state index contributed by atoms with van der Waals surface area (Å²) in [6.07, 6.45) is 5.98. The predicted molar refractivity (Wildman–Crippen MR) is 60.4 cm³/mol. The first-order chi connectivity index (χ1) is 6.74. The van der Waals surface area contributed by atoms with Crippen LogP contribution in [0, 0.1) is 11.3 Å². The van der Waals surface area contributed by atoms with Crippen molar-refractivity contribution in [1.82, 2.24) is 10.2 Å². The lowest BCUT2D eigenvalue weighted by atomic mass is 9.78. The average molecular weight is 196 g/mol. The molecule has 1 atom stereocenters. The van der Waals surface area contributed by atoms with Crippen LogP contribution in [0.3, 0.4) is 0 Å². The van der Waals surface area contributed by atoms with Crippen LogP contribution in [0.2, 0.25) is 0 Å². The van der Waals surface area contributed by atoms with E-state index < -0.39 is 0 Å². The summed E-state index contributed by atoms with van der Waals surface area (Å²) in [7, 11) is 2.05. The summed E-state index contributed by atoms with van der Waals surface area (Å²) in [4.78, 5) is 2.65. The molecular formula is C12H24N2. The minimum atomic E-state index is 0.777. The molecule has 0 radical (unpaired) electrons. The third kappa shape index (κ3) is 2.12. The van der Waals surface area contributed by atoms with E-state index in [1.54, 1.807) is 0 Å². The Hall–Kier alpha value is -0.0800. The van der Waals surface area contributed by atoms with Gasteiger partial charge in [0.2, 0.25) is 0 Å². The van der Waals surface area contributed by atoms with Crippen molar-refractivity contribution in [3.63, 3.8) is 0 Å². The van der Waals surface area contributed by atoms with Crippen LogP contribution in [-0.4, -0.2) is 38.1 Å². The Morgan fingerprint density at radius 2 is 1.93 bits per heavy atom. The van der Waals surface area contributed by atoms with Gasteiger partial charge in [0, 0.05) is 19.6 Å². The van der Waals surface area contributed by atoms with E-state index in [0.717, 1.165) is 17.9 Å². The van der Waals surface area contributed by atoms with Gasteiger partial charge in [0.05, 0.1) is 0 Å². The Kier molecular flexibility index (Phi) is 3.13. The number of hydrogen-bond donors (Lipinski definition) is 1. The standard InChI is InChI=1S/C12H24N2/c1-11(7-13-2)8-14-9-12(10-14)5-3-4-6-12/h11,13H,3-10H2,1-2H3. The number of nitrogens with one attached hydrogen (secondary N) is 1. The molecule has 2 nitrogen and oxygen atoms in total. The fourth-order valence-electron chi connectivity index (χ4n) is 3.33. The molecule has 1 saturated heterocycles. The number of likely N-dealkylation sites (tertiary alicyclic amines) is 1. The molecule has 0 bridgehead atoms. The van der Waals surface area contributed by atoms with Crippen LogP contribution in [-0.2, 0) is 0 Å². The van der Waals surface area contributed by atoms with E-state index in [9.17, 15) is 0 Å². The number of rotatable bonds is 4. The molecule has 1 aliphatic heterocycles. The average Bonchev–Trinajstić information content (AvgIpc) is 2.52. The zero-order chi connectivity index (χ0) is 10.0. The van der Waals surface area contributed by atoms with Gasteiger partial charge in [-0.05, 0) is 37.8 Å². The molecule has 1 saturated carbocycles. The molecule has 82 valence electrons. The van der Waals surface area contributed by atoms with Gasteiger partial charge in [0.15, 0.2) is 0 Å². The topological polar surface area (TPSA) is 15.3 Å². The SMILES string of the molecule is CNCC(C)CN1CC2(CCCC2)C1. The highest BCUT2D eigenvalue weighted by atomic mass is 15.2. The lowest BCUT2D eigenvalue weighted by Crippen LogP contribution is -2.56. The van der Waals surface area contributed by atoms with E-state index in [1.165, 1.54) is 45.3 Å². The predicted octanol–water partition coefficient (Wildman–Crippen LogP) is 1.72. The van der Waals surface area contributed by atoms with Gasteiger partial charge in [-0.1, -0.05) is 19.8 Å². The number of hydrogen-bond acceptors (Lipinski definition) is 2. The van der Waals surface area contributed by atoms with Crippen molar-refractivity contribution >= 4 is 0 Å². The normalized spacial score (nSPS) is 27.9. The van der Waals surface area contributed by atoms with Gasteiger partial charge in [0.25, 0.3) is 0 Å². The second-order valence-corrected chi connectivity index (χ2v) is 5.54. The van der Waals surface area contributed by atoms with Gasteiger partial charge in [-0.25, -0.2) is 0 Å². The zero-order valence-corrected chi connectivity index (χ0v) is 9.68. The zero-order valence-electron chi connectivity index (χ0n) is 9.68. The van der Waals surface area contributed by atoms with Crippen LogP contribution >= 0.6 is 0 Å². The van der Waals surface area contributed by atoms with E-state index in [0.29, 0.717) is 0 Å². The van der Waals surface area contributed by atoms with Gasteiger partial charge in [-0.3, -0.25) is 0 Å². The van der Waals surface area contributed by atoms with Crippen molar-refractivity contribution in [3.8, 4) is 0 Å². The minimum absolute atomic E-state index is 0.777. The fraction of sp³-hybridized carbons (Fsp3) is 1.00. The molecule has 2 rings (SSSR count). The van der Waals surface area contributed by atoms with E-state index in [1.807, 2.05) is 7.05 Å². The third-order valence-corrected chi connectivity index (χ3v) is 3.90. The Labute approximate surface area is 88.1 Å². The van der Waals surface area contributed by atoms with Gasteiger partial charge >= 0.3 is 0 Å². The molecule has 1 heterocycles. The van der Waals surface area contributed by atoms with E-state index in [-0.39, 0.29) is 0 Å². The van der Waals surface area contributed by atoms with Crippen molar-refractivity contribution in [2.75, 3.05) is 33.2 Å². The lowest BCUT2D eigenvalue weighted by Gasteiger charge is -2.49. The second-order valence-electron chi connectivity index (χ2n) is 5.54. The highest BCUT2D eigenvalue weighted by molar-refractivity contribution is 4.97. The molecule has 2 heteroatoms. The van der Waals surface area contributed by atoms with Crippen molar-refractivity contribution in [2.45, 2.75) is 32.6 Å². The quantitative estimate of drug-likeness (QED) is 0.736. The van der Waals surface area contributed by atoms with Crippen molar-refractivity contribution in [3.05, 3.63) is 0 Å². The van der Waals surface area contributed by atoms with Gasteiger partial charge in [-0.2, -0.15) is 0 Å². The molecular weight excluding hydrogens is 172 g/mol. The highest BCUT2D eigenvalue weighted by Crippen LogP contribution is 2.45. The molecule has 0 aromatic heterocycles. The summed E-state index contributed by atoms with van der Waals surface area (Å²) in [5.74, 6) is 0.804. The van der Waals surface area contributed by atoms with Crippen LogP contribution in [0.1, 0.15) is 32.6 Å². The molecule has 0 aromatic carbocycles. The van der Waals surface area contributed by atoms with Crippen LogP contribution in [0.4, 0.5) is 0 Å². The van der Waals surface area contributed by atoms with Crippen molar-refractivity contribution in [1.29, 1.82) is 0 Å². The summed E-state index contributed by atoms with van der Waals surface area (Å²) >= 11 is 0. The summed E-state index contributed by atoms with van der Waals surface area (Å²) in [6.45, 7) is 7.57. The molecule has 2 aliphatic rings. The van der Waals surface area contributed by atoms with Crippen LogP contribution in [0.5, 0.6) is 0 Å². The summed E-state index contributed by atoms with van der Waals surface area (Å²) in [5.41, 5.74) is 0.777. The fourth-order valence-corrected chi connectivity index (χ4v) is 3.33. The Morgan fingerprint density at radius 3 is 2.50 bits per heavy atom.